The number of anilines is 1. The average molecular weight is 335 g/mol. The van der Waals surface area contributed by atoms with E-state index < -0.39 is 5.72 Å². The number of benzene rings is 2. The van der Waals surface area contributed by atoms with Crippen molar-refractivity contribution in [3.63, 3.8) is 0 Å². The Hall–Kier alpha value is -2.42. The minimum atomic E-state index is -0.529. The Morgan fingerprint density at radius 1 is 1.12 bits per heavy atom. The number of methoxy groups -OCH3 is 1. The van der Waals surface area contributed by atoms with Crippen LogP contribution < -0.4 is 14.4 Å². The maximum Gasteiger partial charge on any atom is 0.212 e. The summed E-state index contributed by atoms with van der Waals surface area (Å²) in [5, 5.41) is 0. The van der Waals surface area contributed by atoms with Crippen molar-refractivity contribution in [3.05, 3.63) is 59.2 Å². The number of hydrogen-bond donors (Lipinski definition) is 0. The van der Waals surface area contributed by atoms with Crippen molar-refractivity contribution in [3.8, 4) is 11.5 Å². The van der Waals surface area contributed by atoms with Crippen LogP contribution in [0.5, 0.6) is 11.5 Å². The van der Waals surface area contributed by atoms with Crippen molar-refractivity contribution in [1.29, 1.82) is 0 Å². The van der Waals surface area contributed by atoms with Gasteiger partial charge in [-0.3, -0.25) is 0 Å². The van der Waals surface area contributed by atoms with Gasteiger partial charge in [-0.2, -0.15) is 0 Å². The van der Waals surface area contributed by atoms with Crippen molar-refractivity contribution in [2.24, 2.45) is 0 Å². The van der Waals surface area contributed by atoms with E-state index >= 15 is 0 Å². The lowest BCUT2D eigenvalue weighted by Crippen LogP contribution is -2.59. The SMILES string of the molecule is CCN1c2ccc(OC)cc2C(C)(C)C12C=Cc1cc(C)ccc1O2. The number of ether oxygens (including phenoxy) is 2. The number of nitrogens with zero attached hydrogens (tertiary/aromatic N) is 1. The lowest BCUT2D eigenvalue weighted by atomic mass is 9.76. The Bertz CT molecular complexity index is 868. The highest BCUT2D eigenvalue weighted by Crippen LogP contribution is 2.55. The first-order chi connectivity index (χ1) is 11.9. The average Bonchev–Trinajstić information content (AvgIpc) is 2.79. The fourth-order valence-electron chi connectivity index (χ4n) is 4.27. The quantitative estimate of drug-likeness (QED) is 0.777. The van der Waals surface area contributed by atoms with Crippen molar-refractivity contribution in [2.45, 2.75) is 38.8 Å². The Labute approximate surface area is 149 Å². The van der Waals surface area contributed by atoms with E-state index in [1.54, 1.807) is 7.11 Å². The van der Waals surface area contributed by atoms with Crippen molar-refractivity contribution in [2.75, 3.05) is 18.6 Å². The van der Waals surface area contributed by atoms with E-state index in [0.717, 1.165) is 23.6 Å². The smallest absolute Gasteiger partial charge is 0.212 e. The van der Waals surface area contributed by atoms with E-state index in [1.807, 2.05) is 6.07 Å². The number of fused-ring (bicyclic) bond motifs is 2. The highest BCUT2D eigenvalue weighted by Gasteiger charge is 2.58. The van der Waals surface area contributed by atoms with Crippen LogP contribution in [-0.2, 0) is 5.41 Å². The number of likely N-dealkylation sites (N-methyl/N-ethyl adjacent to an activating group) is 1. The van der Waals surface area contributed by atoms with Crippen LogP contribution in [0.2, 0.25) is 0 Å². The third-order valence-electron chi connectivity index (χ3n) is 5.70. The van der Waals surface area contributed by atoms with Gasteiger partial charge in [-0.15, -0.1) is 0 Å². The molecule has 2 aliphatic heterocycles. The van der Waals surface area contributed by atoms with E-state index in [4.69, 9.17) is 9.47 Å². The van der Waals surface area contributed by atoms with Crippen LogP contribution in [0.1, 0.15) is 37.5 Å². The van der Waals surface area contributed by atoms with Gasteiger partial charge in [0.1, 0.15) is 11.5 Å². The zero-order chi connectivity index (χ0) is 17.8. The Morgan fingerprint density at radius 3 is 2.64 bits per heavy atom. The zero-order valence-corrected chi connectivity index (χ0v) is 15.6. The maximum atomic E-state index is 6.71. The maximum absolute atomic E-state index is 6.71. The summed E-state index contributed by atoms with van der Waals surface area (Å²) in [7, 11) is 1.71. The molecule has 25 heavy (non-hydrogen) atoms. The normalized spacial score (nSPS) is 22.5. The van der Waals surface area contributed by atoms with Gasteiger partial charge in [-0.05, 0) is 75.7 Å². The van der Waals surface area contributed by atoms with E-state index in [9.17, 15) is 0 Å². The molecule has 0 saturated carbocycles. The molecule has 130 valence electrons. The second-order valence-electron chi connectivity index (χ2n) is 7.43. The molecule has 2 aliphatic rings. The molecule has 2 aromatic rings. The fraction of sp³-hybridized carbons (Fsp3) is 0.364. The van der Waals surface area contributed by atoms with Crippen molar-refractivity contribution < 1.29 is 9.47 Å². The van der Waals surface area contributed by atoms with Crippen LogP contribution >= 0.6 is 0 Å². The molecule has 2 heterocycles. The molecule has 1 unspecified atom stereocenters. The minimum Gasteiger partial charge on any atom is -0.497 e. The van der Waals surface area contributed by atoms with E-state index in [1.165, 1.54) is 16.8 Å². The second kappa shape index (κ2) is 5.29. The molecule has 0 fully saturated rings. The lowest BCUT2D eigenvalue weighted by molar-refractivity contribution is 0.0544. The van der Waals surface area contributed by atoms with Crippen LogP contribution in [0.3, 0.4) is 0 Å². The lowest BCUT2D eigenvalue weighted by Gasteiger charge is -2.47. The van der Waals surface area contributed by atoms with Gasteiger partial charge < -0.3 is 14.4 Å². The number of rotatable bonds is 2. The second-order valence-corrected chi connectivity index (χ2v) is 7.43. The van der Waals surface area contributed by atoms with Crippen LogP contribution in [0.4, 0.5) is 5.69 Å². The summed E-state index contributed by atoms with van der Waals surface area (Å²) in [6.45, 7) is 9.67. The van der Waals surface area contributed by atoms with Gasteiger partial charge >= 0.3 is 0 Å². The zero-order valence-electron chi connectivity index (χ0n) is 15.6. The monoisotopic (exact) mass is 335 g/mol. The molecule has 0 amide bonds. The van der Waals surface area contributed by atoms with Gasteiger partial charge in [0.25, 0.3) is 0 Å². The Morgan fingerprint density at radius 2 is 1.92 bits per heavy atom. The summed E-state index contributed by atoms with van der Waals surface area (Å²) in [6, 6.07) is 12.7. The summed E-state index contributed by atoms with van der Waals surface area (Å²) in [5.74, 6) is 1.83. The van der Waals surface area contributed by atoms with Crippen LogP contribution in [0.25, 0.3) is 6.08 Å². The highest BCUT2D eigenvalue weighted by atomic mass is 16.5. The molecule has 3 nitrogen and oxygen atoms in total. The van der Waals surface area contributed by atoms with Gasteiger partial charge in [-0.1, -0.05) is 11.6 Å². The molecule has 0 aliphatic carbocycles. The van der Waals surface area contributed by atoms with Crippen LogP contribution in [0.15, 0.2) is 42.5 Å². The Balaban J connectivity index is 1.89. The standard InChI is InChI=1S/C22H25NO2/c1-6-23-19-9-8-17(24-5)14-18(19)21(3,4)22(23)12-11-16-13-15(2)7-10-20(16)25-22/h7-14H,6H2,1-5H3. The largest absolute Gasteiger partial charge is 0.497 e. The molecule has 0 radical (unpaired) electrons. The summed E-state index contributed by atoms with van der Waals surface area (Å²) in [4.78, 5) is 2.36. The number of hydrogen-bond acceptors (Lipinski definition) is 3. The molecule has 0 N–H and O–H groups in total. The fourth-order valence-corrected chi connectivity index (χ4v) is 4.27. The van der Waals surface area contributed by atoms with Crippen LogP contribution in [-0.4, -0.2) is 19.4 Å². The molecule has 1 spiro atoms. The van der Waals surface area contributed by atoms with Crippen molar-refractivity contribution >= 4 is 11.8 Å². The topological polar surface area (TPSA) is 21.7 Å². The summed E-state index contributed by atoms with van der Waals surface area (Å²) >= 11 is 0. The third kappa shape index (κ3) is 2.05. The first kappa shape index (κ1) is 16.1. The summed E-state index contributed by atoms with van der Waals surface area (Å²) in [5.41, 5.74) is 4.12. The Kier molecular flexibility index (Phi) is 3.40. The molecule has 3 heteroatoms. The predicted molar refractivity (Wildman–Crippen MR) is 103 cm³/mol. The van der Waals surface area contributed by atoms with Crippen molar-refractivity contribution in [1.82, 2.24) is 0 Å². The molecular formula is C22H25NO2. The molecule has 1 atom stereocenters. The van der Waals surface area contributed by atoms with E-state index in [-0.39, 0.29) is 5.41 Å². The predicted octanol–water partition coefficient (Wildman–Crippen LogP) is 4.92. The minimum absolute atomic E-state index is 0.216. The molecule has 0 saturated heterocycles. The first-order valence-electron chi connectivity index (χ1n) is 8.88. The van der Waals surface area contributed by atoms with Gasteiger partial charge in [-0.25, -0.2) is 0 Å². The van der Waals surface area contributed by atoms with E-state index in [2.05, 4.69) is 75.1 Å². The highest BCUT2D eigenvalue weighted by molar-refractivity contribution is 5.73. The molecular weight excluding hydrogens is 310 g/mol. The van der Waals surface area contributed by atoms with Gasteiger partial charge in [0.2, 0.25) is 5.72 Å². The third-order valence-corrected chi connectivity index (χ3v) is 5.70. The van der Waals surface area contributed by atoms with Gasteiger partial charge in [0.15, 0.2) is 0 Å². The van der Waals surface area contributed by atoms with Gasteiger partial charge in [0, 0.05) is 17.8 Å². The number of aryl methyl sites for hydroxylation is 1. The molecule has 2 aromatic carbocycles. The first-order valence-corrected chi connectivity index (χ1v) is 8.88. The van der Waals surface area contributed by atoms with E-state index in [0.29, 0.717) is 0 Å². The molecule has 0 aromatic heterocycles. The van der Waals surface area contributed by atoms with Gasteiger partial charge in [0.05, 0.1) is 12.5 Å². The summed E-state index contributed by atoms with van der Waals surface area (Å²) in [6.07, 6.45) is 4.43. The molecule has 4 rings (SSSR count). The summed E-state index contributed by atoms with van der Waals surface area (Å²) < 4.78 is 12.2. The molecule has 0 bridgehead atoms. The van der Waals surface area contributed by atoms with Crippen LogP contribution in [0, 0.1) is 6.92 Å².